The van der Waals surface area contributed by atoms with Gasteiger partial charge in [0.15, 0.2) is 11.8 Å². The number of rotatable bonds is 5. The van der Waals surface area contributed by atoms with Gasteiger partial charge < -0.3 is 15.2 Å². The average molecular weight is 409 g/mol. The van der Waals surface area contributed by atoms with Crippen LogP contribution in [-0.4, -0.2) is 37.4 Å². The van der Waals surface area contributed by atoms with Gasteiger partial charge in [-0.2, -0.15) is 13.2 Å². The third-order valence-electron chi connectivity index (χ3n) is 3.50. The summed E-state index contributed by atoms with van der Waals surface area (Å²) in [6, 6.07) is 8.62. The summed E-state index contributed by atoms with van der Waals surface area (Å²) in [5, 5.41) is 0.295. The van der Waals surface area contributed by atoms with Crippen LogP contribution in [0.1, 0.15) is 11.3 Å². The van der Waals surface area contributed by atoms with Crippen LogP contribution in [0.4, 0.5) is 13.2 Å². The topological polar surface area (TPSA) is 97.9 Å². The fourth-order valence-electron chi connectivity index (χ4n) is 2.25. The van der Waals surface area contributed by atoms with Crippen LogP contribution in [0, 0.1) is 6.92 Å². The molecule has 0 aliphatic heterocycles. The average Bonchev–Trinajstić information content (AvgIpc) is 2.99. The standard InChI is InChI=1S/C16H14F3N3O2S.Na.H2O/c1-10-13(20-7-6-14(10)24-9-16(17,18)19)8-25(23)15-21-11-4-2-3-5-12(11)22-15;;/h2-7H,8-9H2,1H3,(H,21,22);;1H2/q;+1;/p-1. The maximum atomic E-state index is 12.5. The first-order valence-corrected chi connectivity index (χ1v) is 8.62. The first kappa shape index (κ1) is 23.6. The van der Waals surface area contributed by atoms with Crippen molar-refractivity contribution in [2.75, 3.05) is 6.61 Å². The molecule has 140 valence electrons. The van der Waals surface area contributed by atoms with E-state index in [1.54, 1.807) is 13.0 Å². The van der Waals surface area contributed by atoms with Gasteiger partial charge in [0, 0.05) is 11.8 Å². The molecule has 6 nitrogen and oxygen atoms in total. The molecule has 0 saturated heterocycles. The van der Waals surface area contributed by atoms with Crippen LogP contribution < -0.4 is 34.3 Å². The Balaban J connectivity index is 0.00000182. The number of nitrogens with zero attached hydrogens (tertiary/aromatic N) is 2. The van der Waals surface area contributed by atoms with Crippen LogP contribution in [0.3, 0.4) is 0 Å². The van der Waals surface area contributed by atoms with Gasteiger partial charge in [-0.3, -0.25) is 9.19 Å². The SMILES string of the molecule is Cc1c(OCC(F)(F)F)ccnc1CS(=O)c1nc2ccccc2[nH]1.[Na+].[OH-]. The minimum absolute atomic E-state index is 0. The van der Waals surface area contributed by atoms with Crippen LogP contribution in [-0.2, 0) is 16.6 Å². The minimum atomic E-state index is -4.42. The van der Waals surface area contributed by atoms with Gasteiger partial charge in [0.25, 0.3) is 0 Å². The molecule has 0 saturated carbocycles. The fraction of sp³-hybridized carbons (Fsp3) is 0.250. The summed E-state index contributed by atoms with van der Waals surface area (Å²) >= 11 is 0. The number of halogens is 3. The molecule has 1 aromatic carbocycles. The second-order valence-electron chi connectivity index (χ2n) is 5.33. The van der Waals surface area contributed by atoms with E-state index in [2.05, 4.69) is 15.0 Å². The number of hydrogen-bond donors (Lipinski definition) is 1. The van der Waals surface area contributed by atoms with E-state index in [0.717, 1.165) is 5.52 Å². The van der Waals surface area contributed by atoms with Gasteiger partial charge in [-0.15, -0.1) is 0 Å². The number of hydrogen-bond acceptors (Lipinski definition) is 5. The molecule has 0 spiro atoms. The third-order valence-corrected chi connectivity index (χ3v) is 4.66. The number of H-pyrrole nitrogens is 1. The first-order valence-electron chi connectivity index (χ1n) is 7.30. The number of benzene rings is 1. The van der Waals surface area contributed by atoms with Crippen LogP contribution in [0.25, 0.3) is 11.0 Å². The van der Waals surface area contributed by atoms with E-state index in [4.69, 9.17) is 4.74 Å². The number of para-hydroxylation sites is 2. The molecule has 2 heterocycles. The van der Waals surface area contributed by atoms with E-state index in [9.17, 15) is 17.4 Å². The molecule has 0 aliphatic rings. The van der Waals surface area contributed by atoms with Crippen molar-refractivity contribution in [3.8, 4) is 5.75 Å². The molecule has 2 aromatic heterocycles. The van der Waals surface area contributed by atoms with E-state index >= 15 is 0 Å². The monoisotopic (exact) mass is 409 g/mol. The quantitative estimate of drug-likeness (QED) is 0.613. The number of nitrogens with one attached hydrogen (secondary N) is 1. The molecule has 0 fully saturated rings. The van der Waals surface area contributed by atoms with Crippen molar-refractivity contribution < 1.29 is 57.2 Å². The Bertz CT molecular complexity index is 901. The number of pyridine rings is 1. The van der Waals surface area contributed by atoms with Gasteiger partial charge in [-0.25, -0.2) is 4.98 Å². The van der Waals surface area contributed by atoms with Gasteiger partial charge in [0.1, 0.15) is 5.75 Å². The van der Waals surface area contributed by atoms with Crippen molar-refractivity contribution in [1.29, 1.82) is 0 Å². The van der Waals surface area contributed by atoms with Crippen LogP contribution in [0.5, 0.6) is 5.75 Å². The minimum Gasteiger partial charge on any atom is -0.870 e. The van der Waals surface area contributed by atoms with Gasteiger partial charge in [0.2, 0.25) is 0 Å². The summed E-state index contributed by atoms with van der Waals surface area (Å²) in [7, 11) is -1.51. The summed E-state index contributed by atoms with van der Waals surface area (Å²) in [6.45, 7) is 0.202. The van der Waals surface area contributed by atoms with Crippen LogP contribution in [0.15, 0.2) is 41.7 Å². The van der Waals surface area contributed by atoms with Crippen molar-refractivity contribution in [2.45, 2.75) is 24.0 Å². The largest absolute Gasteiger partial charge is 1.00 e. The summed E-state index contributed by atoms with van der Waals surface area (Å²) < 4.78 is 54.2. The van der Waals surface area contributed by atoms with Gasteiger partial charge in [-0.1, -0.05) is 12.1 Å². The van der Waals surface area contributed by atoms with Gasteiger partial charge in [0.05, 0.1) is 33.3 Å². The predicted molar refractivity (Wildman–Crippen MR) is 88.7 cm³/mol. The maximum absolute atomic E-state index is 12.5. The normalized spacial score (nSPS) is 12.1. The molecule has 3 aromatic rings. The Kier molecular flexibility index (Phi) is 8.43. The Hall–Kier alpha value is -1.46. The Morgan fingerprint density at radius 3 is 2.59 bits per heavy atom. The van der Waals surface area contributed by atoms with Crippen molar-refractivity contribution in [3.63, 3.8) is 0 Å². The smallest absolute Gasteiger partial charge is 0.870 e. The summed E-state index contributed by atoms with van der Waals surface area (Å²) in [5.74, 6) is 0.0958. The predicted octanol–water partition coefficient (Wildman–Crippen LogP) is 0.342. The molecule has 0 aliphatic carbocycles. The molecular formula is C16H15F3N3NaO3S. The number of imidazole rings is 1. The Labute approximate surface area is 177 Å². The second-order valence-corrected chi connectivity index (χ2v) is 6.70. The van der Waals surface area contributed by atoms with E-state index in [1.807, 2.05) is 18.2 Å². The zero-order valence-corrected chi connectivity index (χ0v) is 17.4. The molecule has 0 bridgehead atoms. The summed E-state index contributed by atoms with van der Waals surface area (Å²) in [5.41, 5.74) is 2.28. The van der Waals surface area contributed by atoms with Crippen molar-refractivity contribution in [3.05, 3.63) is 47.8 Å². The third kappa shape index (κ3) is 6.01. The molecule has 3 rings (SSSR count). The summed E-state index contributed by atoms with van der Waals surface area (Å²) in [4.78, 5) is 11.3. The van der Waals surface area contributed by atoms with Gasteiger partial charge >= 0.3 is 35.7 Å². The van der Waals surface area contributed by atoms with E-state index < -0.39 is 23.6 Å². The van der Waals surface area contributed by atoms with Crippen molar-refractivity contribution >= 4 is 21.8 Å². The number of fused-ring (bicyclic) bond motifs is 1. The van der Waals surface area contributed by atoms with E-state index in [-0.39, 0.29) is 46.5 Å². The molecule has 11 heteroatoms. The zero-order chi connectivity index (χ0) is 18.0. The van der Waals surface area contributed by atoms with E-state index in [0.29, 0.717) is 21.9 Å². The van der Waals surface area contributed by atoms with Crippen molar-refractivity contribution in [2.24, 2.45) is 0 Å². The summed E-state index contributed by atoms with van der Waals surface area (Å²) in [6.07, 6.45) is -3.09. The number of aromatic nitrogens is 3. The molecule has 1 atom stereocenters. The first-order chi connectivity index (χ1) is 11.8. The maximum Gasteiger partial charge on any atom is 1.00 e. The number of alkyl halides is 3. The Morgan fingerprint density at radius 1 is 1.22 bits per heavy atom. The molecule has 1 unspecified atom stereocenters. The molecule has 27 heavy (non-hydrogen) atoms. The van der Waals surface area contributed by atoms with Gasteiger partial charge in [-0.05, 0) is 25.1 Å². The Morgan fingerprint density at radius 2 is 1.93 bits per heavy atom. The molecular weight excluding hydrogens is 394 g/mol. The molecule has 0 amide bonds. The molecule has 2 N–H and O–H groups in total. The van der Waals surface area contributed by atoms with Crippen LogP contribution in [0.2, 0.25) is 0 Å². The van der Waals surface area contributed by atoms with Crippen molar-refractivity contribution in [1.82, 2.24) is 15.0 Å². The number of ether oxygens (including phenoxy) is 1. The van der Waals surface area contributed by atoms with Crippen LogP contribution >= 0.6 is 0 Å². The second kappa shape index (κ2) is 9.65. The van der Waals surface area contributed by atoms with E-state index in [1.165, 1.54) is 12.3 Å². The zero-order valence-electron chi connectivity index (χ0n) is 14.6. The number of aromatic amines is 1. The molecule has 0 radical (unpaired) electrons. The fourth-order valence-corrected chi connectivity index (χ4v) is 3.35.